The Morgan fingerprint density at radius 1 is 1.16 bits per heavy atom. The number of hydrogen-bond donors (Lipinski definition) is 2. The molecule has 0 spiro atoms. The lowest BCUT2D eigenvalue weighted by Crippen LogP contribution is -2.40. The fourth-order valence-electron chi connectivity index (χ4n) is 4.52. The summed E-state index contributed by atoms with van der Waals surface area (Å²) >= 11 is 0. The summed E-state index contributed by atoms with van der Waals surface area (Å²) in [5.41, 5.74) is 9.04. The van der Waals surface area contributed by atoms with Crippen molar-refractivity contribution in [2.45, 2.75) is 38.2 Å². The van der Waals surface area contributed by atoms with Crippen molar-refractivity contribution in [2.24, 2.45) is 0 Å². The third-order valence-corrected chi connectivity index (χ3v) is 6.08. The van der Waals surface area contributed by atoms with Gasteiger partial charge in [0.2, 0.25) is 0 Å². The minimum atomic E-state index is -0.648. The zero-order valence-electron chi connectivity index (χ0n) is 18.4. The van der Waals surface area contributed by atoms with Gasteiger partial charge in [0, 0.05) is 23.9 Å². The number of anilines is 1. The van der Waals surface area contributed by atoms with Crippen LogP contribution in [0.25, 0.3) is 16.8 Å². The number of imidazole rings is 1. The highest BCUT2D eigenvalue weighted by Gasteiger charge is 2.41. The molecular formula is C25H26N4O3. The third-order valence-electron chi connectivity index (χ3n) is 6.08. The molecular weight excluding hydrogens is 404 g/mol. The number of fused-ring (bicyclic) bond motifs is 1. The maximum atomic E-state index is 10.3. The highest BCUT2D eigenvalue weighted by Crippen LogP contribution is 2.46. The summed E-state index contributed by atoms with van der Waals surface area (Å²) in [5.74, 6) is 3.43. The Morgan fingerprint density at radius 3 is 2.59 bits per heavy atom. The molecule has 1 aliphatic rings. The Labute approximate surface area is 186 Å². The number of aliphatic hydroxyl groups is 1. The number of nitrogens with zero attached hydrogens (tertiary/aromatic N) is 3. The number of nitrogen functional groups attached to an aromatic ring is 1. The van der Waals surface area contributed by atoms with Gasteiger partial charge < -0.3 is 20.3 Å². The van der Waals surface area contributed by atoms with Gasteiger partial charge >= 0.3 is 0 Å². The van der Waals surface area contributed by atoms with E-state index in [0.717, 1.165) is 33.9 Å². The second-order valence-electron chi connectivity index (χ2n) is 8.68. The first-order chi connectivity index (χ1) is 15.4. The number of benzene rings is 2. The number of nitrogens with two attached hydrogens (primary N) is 1. The van der Waals surface area contributed by atoms with Crippen molar-refractivity contribution >= 4 is 11.3 Å². The predicted octanol–water partition coefficient (Wildman–Crippen LogP) is 4.72. The van der Waals surface area contributed by atoms with E-state index in [-0.39, 0.29) is 5.92 Å². The van der Waals surface area contributed by atoms with Gasteiger partial charge in [0.15, 0.2) is 11.5 Å². The van der Waals surface area contributed by atoms with Crippen LogP contribution >= 0.6 is 0 Å². The fourth-order valence-corrected chi connectivity index (χ4v) is 4.52. The summed E-state index contributed by atoms with van der Waals surface area (Å²) in [7, 11) is 1.62. The lowest BCUT2D eigenvalue weighted by Gasteiger charge is -2.40. The largest absolute Gasteiger partial charge is 0.493 e. The maximum absolute atomic E-state index is 10.3. The van der Waals surface area contributed by atoms with Crippen molar-refractivity contribution in [2.75, 3.05) is 12.8 Å². The van der Waals surface area contributed by atoms with E-state index in [1.54, 1.807) is 13.3 Å². The molecule has 0 atom stereocenters. The summed E-state index contributed by atoms with van der Waals surface area (Å²) in [4.78, 5) is 9.29. The van der Waals surface area contributed by atoms with E-state index in [1.807, 2.05) is 66.9 Å². The van der Waals surface area contributed by atoms with Crippen LogP contribution in [-0.4, -0.2) is 32.2 Å². The standard InChI is InChI=1S/C25H26N4O3/c1-15-11-20(32-17-7-5-4-6-8-17)19(31-3)12-18(15)21-22-23(26)27-9-10-29(22)24(28-21)16-13-25(2,30)14-16/h4-12,16,30H,13-14H2,1-3H3,(H2,26,27)/t16-,25+. The summed E-state index contributed by atoms with van der Waals surface area (Å²) in [5, 5.41) is 10.3. The molecule has 7 nitrogen and oxygen atoms in total. The van der Waals surface area contributed by atoms with Gasteiger partial charge in [-0.15, -0.1) is 0 Å². The molecule has 3 N–H and O–H groups in total. The Balaban J connectivity index is 1.62. The smallest absolute Gasteiger partial charge is 0.169 e. The molecule has 32 heavy (non-hydrogen) atoms. The van der Waals surface area contributed by atoms with Gasteiger partial charge in [-0.1, -0.05) is 18.2 Å². The second-order valence-corrected chi connectivity index (χ2v) is 8.68. The van der Waals surface area contributed by atoms with Gasteiger partial charge in [0.1, 0.15) is 28.6 Å². The summed E-state index contributed by atoms with van der Waals surface area (Å²) in [6, 6.07) is 13.5. The first-order valence-electron chi connectivity index (χ1n) is 10.6. The number of ether oxygens (including phenoxy) is 2. The van der Waals surface area contributed by atoms with E-state index in [4.69, 9.17) is 20.2 Å². The van der Waals surface area contributed by atoms with Crippen LogP contribution in [-0.2, 0) is 0 Å². The van der Waals surface area contributed by atoms with E-state index < -0.39 is 5.60 Å². The van der Waals surface area contributed by atoms with Gasteiger partial charge in [0.25, 0.3) is 0 Å². The normalized spacial score (nSPS) is 20.2. The number of rotatable bonds is 5. The summed E-state index contributed by atoms with van der Waals surface area (Å²) < 4.78 is 13.7. The van der Waals surface area contributed by atoms with Crippen molar-refractivity contribution in [3.63, 3.8) is 0 Å². The molecule has 0 amide bonds. The molecule has 0 unspecified atom stereocenters. The number of aryl methyl sites for hydroxylation is 1. The van der Waals surface area contributed by atoms with Crippen LogP contribution in [0.1, 0.15) is 37.1 Å². The molecule has 164 valence electrons. The van der Waals surface area contributed by atoms with Crippen molar-refractivity contribution < 1.29 is 14.6 Å². The Kier molecular flexibility index (Phi) is 4.78. The molecule has 7 heteroatoms. The van der Waals surface area contributed by atoms with Crippen molar-refractivity contribution in [3.05, 3.63) is 66.2 Å². The zero-order valence-corrected chi connectivity index (χ0v) is 18.4. The molecule has 0 aliphatic heterocycles. The molecule has 2 heterocycles. The van der Waals surface area contributed by atoms with E-state index in [1.165, 1.54) is 0 Å². The van der Waals surface area contributed by atoms with Crippen LogP contribution in [0.15, 0.2) is 54.9 Å². The molecule has 1 fully saturated rings. The maximum Gasteiger partial charge on any atom is 0.169 e. The number of para-hydroxylation sites is 1. The Hall–Kier alpha value is -3.58. The van der Waals surface area contributed by atoms with E-state index in [9.17, 15) is 5.11 Å². The number of aromatic nitrogens is 3. The number of methoxy groups -OCH3 is 1. The van der Waals surface area contributed by atoms with Crippen LogP contribution in [0.5, 0.6) is 17.2 Å². The average molecular weight is 431 g/mol. The van der Waals surface area contributed by atoms with E-state index in [0.29, 0.717) is 30.2 Å². The highest BCUT2D eigenvalue weighted by molar-refractivity contribution is 5.87. The first-order valence-corrected chi connectivity index (χ1v) is 10.6. The quantitative estimate of drug-likeness (QED) is 0.476. The highest BCUT2D eigenvalue weighted by atomic mass is 16.5. The third kappa shape index (κ3) is 3.44. The molecule has 0 saturated heterocycles. The monoisotopic (exact) mass is 430 g/mol. The molecule has 2 aromatic heterocycles. The van der Waals surface area contributed by atoms with Crippen molar-refractivity contribution in [1.29, 1.82) is 0 Å². The molecule has 0 bridgehead atoms. The lowest BCUT2D eigenvalue weighted by atomic mass is 9.72. The van der Waals surface area contributed by atoms with Crippen LogP contribution < -0.4 is 15.2 Å². The molecule has 0 radical (unpaired) electrons. The summed E-state index contributed by atoms with van der Waals surface area (Å²) in [6.45, 7) is 3.87. The minimum Gasteiger partial charge on any atom is -0.493 e. The van der Waals surface area contributed by atoms with Gasteiger partial charge in [-0.25, -0.2) is 9.97 Å². The molecule has 1 saturated carbocycles. The second kappa shape index (κ2) is 7.53. The predicted molar refractivity (Wildman–Crippen MR) is 123 cm³/mol. The van der Waals surface area contributed by atoms with E-state index in [2.05, 4.69) is 4.98 Å². The molecule has 2 aromatic carbocycles. The SMILES string of the molecule is COc1cc(-c2nc([C@H]3C[C@@](C)(O)C3)n3ccnc(N)c23)c(C)cc1Oc1ccccc1. The topological polar surface area (TPSA) is 94.9 Å². The lowest BCUT2D eigenvalue weighted by molar-refractivity contribution is -0.0335. The van der Waals surface area contributed by atoms with Gasteiger partial charge in [-0.05, 0) is 56.5 Å². The first kappa shape index (κ1) is 20.3. The Bertz CT molecular complexity index is 1290. The van der Waals surface area contributed by atoms with Gasteiger partial charge in [-0.3, -0.25) is 4.40 Å². The fraction of sp³-hybridized carbons (Fsp3) is 0.280. The van der Waals surface area contributed by atoms with Crippen LogP contribution in [0.4, 0.5) is 5.82 Å². The van der Waals surface area contributed by atoms with Gasteiger partial charge in [0.05, 0.1) is 12.7 Å². The summed E-state index contributed by atoms with van der Waals surface area (Å²) in [6.07, 6.45) is 4.89. The van der Waals surface area contributed by atoms with Crippen molar-refractivity contribution in [1.82, 2.24) is 14.4 Å². The molecule has 4 aromatic rings. The minimum absolute atomic E-state index is 0.163. The van der Waals surface area contributed by atoms with Crippen LogP contribution in [0.3, 0.4) is 0 Å². The average Bonchev–Trinajstić information content (AvgIpc) is 3.13. The molecule has 1 aliphatic carbocycles. The van der Waals surface area contributed by atoms with E-state index >= 15 is 0 Å². The number of hydrogen-bond acceptors (Lipinski definition) is 6. The van der Waals surface area contributed by atoms with Gasteiger partial charge in [-0.2, -0.15) is 0 Å². The van der Waals surface area contributed by atoms with Crippen LogP contribution in [0, 0.1) is 6.92 Å². The van der Waals surface area contributed by atoms with Crippen molar-refractivity contribution in [3.8, 4) is 28.5 Å². The van der Waals surface area contributed by atoms with Crippen LogP contribution in [0.2, 0.25) is 0 Å². The molecule has 5 rings (SSSR count). The Morgan fingerprint density at radius 2 is 1.91 bits per heavy atom. The zero-order chi connectivity index (χ0) is 22.5.